The van der Waals surface area contributed by atoms with E-state index >= 15 is 0 Å². The first-order valence-electron chi connectivity index (χ1n) is 6.92. The molecule has 0 fully saturated rings. The fourth-order valence-corrected chi connectivity index (χ4v) is 2.17. The van der Waals surface area contributed by atoms with E-state index < -0.39 is 0 Å². The molecule has 2 N–H and O–H groups in total. The number of anilines is 1. The number of halogens is 1. The van der Waals surface area contributed by atoms with Crippen LogP contribution in [-0.2, 0) is 6.42 Å². The Balaban J connectivity index is 1.98. The fourth-order valence-electron chi connectivity index (χ4n) is 1.99. The van der Waals surface area contributed by atoms with E-state index in [4.69, 9.17) is 11.6 Å². The third kappa shape index (κ3) is 4.46. The highest BCUT2D eigenvalue weighted by Gasteiger charge is 2.11. The van der Waals surface area contributed by atoms with E-state index in [1.807, 2.05) is 31.2 Å². The Morgan fingerprint density at radius 1 is 1.29 bits per heavy atom. The summed E-state index contributed by atoms with van der Waals surface area (Å²) >= 11 is 5.97. The first kappa shape index (κ1) is 15.3. The second-order valence-corrected chi connectivity index (χ2v) is 4.98. The van der Waals surface area contributed by atoms with Crippen LogP contribution >= 0.6 is 11.6 Å². The molecule has 0 aliphatic carbocycles. The molecule has 0 unspecified atom stereocenters. The van der Waals surface area contributed by atoms with E-state index in [2.05, 4.69) is 15.6 Å². The van der Waals surface area contributed by atoms with Gasteiger partial charge in [0.05, 0.1) is 5.56 Å². The molecular weight excluding hydrogens is 286 g/mol. The molecular formula is C16H18ClN3O. The lowest BCUT2D eigenvalue weighted by Gasteiger charge is -2.11. The number of nitrogens with one attached hydrogen (secondary N) is 2. The van der Waals surface area contributed by atoms with Crippen molar-refractivity contribution in [3.63, 3.8) is 0 Å². The highest BCUT2D eigenvalue weighted by atomic mass is 35.5. The van der Waals surface area contributed by atoms with Gasteiger partial charge in [-0.3, -0.25) is 9.78 Å². The van der Waals surface area contributed by atoms with Crippen LogP contribution in [-0.4, -0.2) is 24.0 Å². The van der Waals surface area contributed by atoms with Gasteiger partial charge in [-0.1, -0.05) is 17.7 Å². The molecule has 21 heavy (non-hydrogen) atoms. The first-order valence-corrected chi connectivity index (χ1v) is 7.30. The van der Waals surface area contributed by atoms with Crippen LogP contribution in [0, 0.1) is 0 Å². The van der Waals surface area contributed by atoms with E-state index in [9.17, 15) is 4.79 Å². The molecule has 0 saturated carbocycles. The molecule has 0 radical (unpaired) electrons. The Morgan fingerprint density at radius 3 is 2.86 bits per heavy atom. The van der Waals surface area contributed by atoms with Gasteiger partial charge in [0.15, 0.2) is 0 Å². The molecule has 0 saturated heterocycles. The summed E-state index contributed by atoms with van der Waals surface area (Å²) in [5.74, 6) is -0.135. The maximum atomic E-state index is 12.3. The predicted molar refractivity (Wildman–Crippen MR) is 85.9 cm³/mol. The zero-order valence-electron chi connectivity index (χ0n) is 11.9. The van der Waals surface area contributed by atoms with E-state index in [0.717, 1.165) is 17.9 Å². The SMILES string of the molecule is CCNc1ccc(Cl)cc1C(=O)NCCc1ccccn1. The molecule has 5 heteroatoms. The Bertz CT molecular complexity index is 602. The van der Waals surface area contributed by atoms with Crippen molar-refractivity contribution in [3.8, 4) is 0 Å². The van der Waals surface area contributed by atoms with Gasteiger partial charge in [0.2, 0.25) is 0 Å². The Hall–Kier alpha value is -2.07. The lowest BCUT2D eigenvalue weighted by Crippen LogP contribution is -2.26. The average molecular weight is 304 g/mol. The van der Waals surface area contributed by atoms with Crippen LogP contribution in [0.2, 0.25) is 5.02 Å². The zero-order valence-corrected chi connectivity index (χ0v) is 12.7. The van der Waals surface area contributed by atoms with Crippen molar-refractivity contribution in [2.24, 2.45) is 0 Å². The molecule has 1 aromatic carbocycles. The van der Waals surface area contributed by atoms with Gasteiger partial charge in [-0.25, -0.2) is 0 Å². The van der Waals surface area contributed by atoms with Gasteiger partial charge in [-0.2, -0.15) is 0 Å². The lowest BCUT2D eigenvalue weighted by molar-refractivity contribution is 0.0955. The monoisotopic (exact) mass is 303 g/mol. The maximum Gasteiger partial charge on any atom is 0.253 e. The number of aromatic nitrogens is 1. The number of pyridine rings is 1. The summed E-state index contributed by atoms with van der Waals surface area (Å²) in [4.78, 5) is 16.5. The molecule has 1 amide bonds. The lowest BCUT2D eigenvalue weighted by atomic mass is 10.1. The third-order valence-electron chi connectivity index (χ3n) is 2.99. The van der Waals surface area contributed by atoms with Crippen LogP contribution in [0.15, 0.2) is 42.6 Å². The predicted octanol–water partition coefficient (Wildman–Crippen LogP) is 3.14. The van der Waals surface area contributed by atoms with E-state index in [0.29, 0.717) is 23.6 Å². The van der Waals surface area contributed by atoms with Crippen LogP contribution in [0.3, 0.4) is 0 Å². The van der Waals surface area contributed by atoms with Crippen LogP contribution in [0.25, 0.3) is 0 Å². The Kier molecular flexibility index (Phi) is 5.58. The molecule has 2 rings (SSSR count). The van der Waals surface area contributed by atoms with Crippen LogP contribution < -0.4 is 10.6 Å². The number of amides is 1. The molecule has 0 aliphatic rings. The second kappa shape index (κ2) is 7.64. The van der Waals surface area contributed by atoms with Crippen molar-refractivity contribution < 1.29 is 4.79 Å². The number of hydrogen-bond acceptors (Lipinski definition) is 3. The minimum Gasteiger partial charge on any atom is -0.385 e. The van der Waals surface area contributed by atoms with Crippen molar-refractivity contribution >= 4 is 23.2 Å². The molecule has 0 spiro atoms. The Labute approximate surface area is 129 Å². The quantitative estimate of drug-likeness (QED) is 0.862. The van der Waals surface area contributed by atoms with Gasteiger partial charge >= 0.3 is 0 Å². The molecule has 0 atom stereocenters. The van der Waals surface area contributed by atoms with Gasteiger partial charge in [-0.05, 0) is 37.3 Å². The smallest absolute Gasteiger partial charge is 0.253 e. The topological polar surface area (TPSA) is 54.0 Å². The van der Waals surface area contributed by atoms with E-state index in [1.165, 1.54) is 0 Å². The third-order valence-corrected chi connectivity index (χ3v) is 3.22. The van der Waals surface area contributed by atoms with Crippen molar-refractivity contribution in [1.82, 2.24) is 10.3 Å². The second-order valence-electron chi connectivity index (χ2n) is 4.55. The summed E-state index contributed by atoms with van der Waals surface area (Å²) in [5.41, 5.74) is 2.30. The average Bonchev–Trinajstić information content (AvgIpc) is 2.50. The van der Waals surface area contributed by atoms with Crippen molar-refractivity contribution in [2.75, 3.05) is 18.4 Å². The first-order chi connectivity index (χ1) is 10.2. The van der Waals surface area contributed by atoms with Crippen molar-refractivity contribution in [2.45, 2.75) is 13.3 Å². The highest BCUT2D eigenvalue weighted by molar-refractivity contribution is 6.31. The minimum absolute atomic E-state index is 0.135. The summed E-state index contributed by atoms with van der Waals surface area (Å²) in [6.45, 7) is 3.27. The Morgan fingerprint density at radius 2 is 2.14 bits per heavy atom. The molecule has 1 aromatic heterocycles. The number of rotatable bonds is 6. The van der Waals surface area contributed by atoms with Gasteiger partial charge < -0.3 is 10.6 Å². The molecule has 1 heterocycles. The molecule has 0 bridgehead atoms. The molecule has 0 aliphatic heterocycles. The maximum absolute atomic E-state index is 12.3. The molecule has 4 nitrogen and oxygen atoms in total. The number of hydrogen-bond donors (Lipinski definition) is 2. The van der Waals surface area contributed by atoms with Gasteiger partial charge in [-0.15, -0.1) is 0 Å². The molecule has 2 aromatic rings. The highest BCUT2D eigenvalue weighted by Crippen LogP contribution is 2.20. The van der Waals surface area contributed by atoms with Crippen LogP contribution in [0.5, 0.6) is 0 Å². The van der Waals surface area contributed by atoms with Gasteiger partial charge in [0.25, 0.3) is 5.91 Å². The van der Waals surface area contributed by atoms with E-state index in [-0.39, 0.29) is 5.91 Å². The largest absolute Gasteiger partial charge is 0.385 e. The number of carbonyl (C=O) groups is 1. The van der Waals surface area contributed by atoms with Crippen LogP contribution in [0.4, 0.5) is 5.69 Å². The summed E-state index contributed by atoms with van der Waals surface area (Å²) < 4.78 is 0. The van der Waals surface area contributed by atoms with Crippen molar-refractivity contribution in [1.29, 1.82) is 0 Å². The summed E-state index contributed by atoms with van der Waals surface area (Å²) in [6, 6.07) is 11.0. The number of nitrogens with zero attached hydrogens (tertiary/aromatic N) is 1. The molecule has 110 valence electrons. The van der Waals surface area contributed by atoms with E-state index in [1.54, 1.807) is 18.3 Å². The van der Waals surface area contributed by atoms with Crippen molar-refractivity contribution in [3.05, 3.63) is 58.9 Å². The van der Waals surface area contributed by atoms with Crippen LogP contribution in [0.1, 0.15) is 23.0 Å². The number of benzene rings is 1. The summed E-state index contributed by atoms with van der Waals surface area (Å²) in [6.07, 6.45) is 2.45. The minimum atomic E-state index is -0.135. The van der Waals surface area contributed by atoms with Gasteiger partial charge in [0, 0.05) is 42.1 Å². The van der Waals surface area contributed by atoms with Gasteiger partial charge in [0.1, 0.15) is 0 Å². The summed E-state index contributed by atoms with van der Waals surface area (Å²) in [5, 5.41) is 6.60. The number of carbonyl (C=O) groups excluding carboxylic acids is 1. The summed E-state index contributed by atoms with van der Waals surface area (Å²) in [7, 11) is 0. The standard InChI is InChI=1S/C16H18ClN3O/c1-2-18-15-7-6-12(17)11-14(15)16(21)20-10-8-13-5-3-4-9-19-13/h3-7,9,11,18H,2,8,10H2,1H3,(H,20,21). The zero-order chi connectivity index (χ0) is 15.1. The fraction of sp³-hybridized carbons (Fsp3) is 0.250. The normalized spacial score (nSPS) is 10.2.